The number of ether oxygens (including phenoxy) is 1. The molecule has 4 nitrogen and oxygen atoms in total. The molecule has 3 atom stereocenters. The van der Waals surface area contributed by atoms with Crippen molar-refractivity contribution >= 4 is 28.8 Å². The molecule has 14 heavy (non-hydrogen) atoms. The molecule has 2 N–H and O–H groups in total. The number of amides is 1. The van der Waals surface area contributed by atoms with Crippen LogP contribution in [-0.4, -0.2) is 31.7 Å². The zero-order chi connectivity index (χ0) is 10.6. The van der Waals surface area contributed by atoms with Crippen LogP contribution in [0.25, 0.3) is 0 Å². The number of halogens is 1. The highest BCUT2D eigenvalue weighted by Gasteiger charge is 2.32. The number of rotatable bonds is 4. The van der Waals surface area contributed by atoms with E-state index in [2.05, 4.69) is 8.85 Å². The SMILES string of the molecule is CO[C@H](C(C)C(=O)NI)[C@@H]1CCCN1. The molecule has 1 amide bonds. The Bertz CT molecular complexity index is 195. The van der Waals surface area contributed by atoms with Crippen molar-refractivity contribution in [2.24, 2.45) is 5.92 Å². The molecule has 0 aliphatic carbocycles. The van der Waals surface area contributed by atoms with Crippen LogP contribution in [0.1, 0.15) is 19.8 Å². The standard InChI is InChI=1S/C9H17IN2O2/c1-6(9(13)12-10)8(14-2)7-4-3-5-11-7/h6-8,11H,3-5H2,1-2H3,(H,12,13)/t6?,7-,8+/m0/s1. The van der Waals surface area contributed by atoms with Gasteiger partial charge in [-0.25, -0.2) is 0 Å². The van der Waals surface area contributed by atoms with E-state index in [1.807, 2.05) is 29.8 Å². The van der Waals surface area contributed by atoms with Crippen LogP contribution >= 0.6 is 22.9 Å². The number of methoxy groups -OCH3 is 1. The van der Waals surface area contributed by atoms with E-state index in [0.717, 1.165) is 13.0 Å². The summed E-state index contributed by atoms with van der Waals surface area (Å²) in [7, 11) is 1.67. The van der Waals surface area contributed by atoms with Gasteiger partial charge in [0.1, 0.15) is 0 Å². The molecular formula is C9H17IN2O2. The van der Waals surface area contributed by atoms with Crippen molar-refractivity contribution in [3.8, 4) is 0 Å². The van der Waals surface area contributed by atoms with Crippen molar-refractivity contribution in [2.45, 2.75) is 31.9 Å². The molecule has 0 spiro atoms. The Morgan fingerprint density at radius 1 is 1.71 bits per heavy atom. The Balaban J connectivity index is 2.55. The summed E-state index contributed by atoms with van der Waals surface area (Å²) in [4.78, 5) is 11.4. The zero-order valence-corrected chi connectivity index (χ0v) is 10.7. The van der Waals surface area contributed by atoms with Gasteiger partial charge in [0.2, 0.25) is 5.91 Å². The topological polar surface area (TPSA) is 50.4 Å². The first-order valence-electron chi connectivity index (χ1n) is 4.87. The molecule has 82 valence electrons. The summed E-state index contributed by atoms with van der Waals surface area (Å²) in [5.74, 6) is -0.0707. The second-order valence-electron chi connectivity index (χ2n) is 3.65. The van der Waals surface area contributed by atoms with Gasteiger partial charge in [-0.3, -0.25) is 8.32 Å². The number of hydrogen-bond acceptors (Lipinski definition) is 3. The van der Waals surface area contributed by atoms with Crippen LogP contribution in [0.2, 0.25) is 0 Å². The van der Waals surface area contributed by atoms with Crippen LogP contribution in [0.15, 0.2) is 0 Å². The maximum absolute atomic E-state index is 11.4. The molecule has 0 aromatic heterocycles. The van der Waals surface area contributed by atoms with Gasteiger partial charge in [-0.2, -0.15) is 0 Å². The third kappa shape index (κ3) is 2.80. The summed E-state index contributed by atoms with van der Waals surface area (Å²) in [5.41, 5.74) is 0. The van der Waals surface area contributed by atoms with Gasteiger partial charge in [-0.15, -0.1) is 0 Å². The van der Waals surface area contributed by atoms with E-state index in [-0.39, 0.29) is 17.9 Å². The third-order valence-corrected chi connectivity index (χ3v) is 3.30. The number of carbonyl (C=O) groups excluding carboxylic acids is 1. The highest BCUT2D eigenvalue weighted by molar-refractivity contribution is 14.1. The molecule has 5 heteroatoms. The van der Waals surface area contributed by atoms with Gasteiger partial charge >= 0.3 is 0 Å². The van der Waals surface area contributed by atoms with E-state index in [9.17, 15) is 4.79 Å². The third-order valence-electron chi connectivity index (χ3n) is 2.77. The normalized spacial score (nSPS) is 25.8. The molecule has 0 bridgehead atoms. The largest absolute Gasteiger partial charge is 0.379 e. The average molecular weight is 312 g/mol. The first-order valence-corrected chi connectivity index (χ1v) is 5.95. The molecule has 0 aromatic rings. The van der Waals surface area contributed by atoms with E-state index in [0.29, 0.717) is 6.04 Å². The molecule has 1 heterocycles. The monoisotopic (exact) mass is 312 g/mol. The van der Waals surface area contributed by atoms with E-state index in [1.165, 1.54) is 6.42 Å². The second-order valence-corrected chi connectivity index (χ2v) is 4.19. The smallest absolute Gasteiger partial charge is 0.234 e. The number of nitrogens with one attached hydrogen (secondary N) is 2. The Morgan fingerprint density at radius 3 is 2.86 bits per heavy atom. The van der Waals surface area contributed by atoms with Crippen LogP contribution in [0.4, 0.5) is 0 Å². The predicted molar refractivity (Wildman–Crippen MR) is 63.1 cm³/mol. The molecule has 1 aliphatic rings. The minimum absolute atomic E-state index is 0.0211. The fourth-order valence-corrected chi connectivity index (χ4v) is 2.44. The van der Waals surface area contributed by atoms with Gasteiger partial charge in [0.05, 0.1) is 34.9 Å². The van der Waals surface area contributed by atoms with Crippen molar-refractivity contribution in [1.82, 2.24) is 8.85 Å². The molecule has 1 saturated heterocycles. The van der Waals surface area contributed by atoms with Gasteiger partial charge in [-0.05, 0) is 19.4 Å². The summed E-state index contributed by atoms with van der Waals surface area (Å²) in [6.45, 7) is 2.94. The van der Waals surface area contributed by atoms with E-state index < -0.39 is 0 Å². The first kappa shape index (κ1) is 12.2. The lowest BCUT2D eigenvalue weighted by atomic mass is 9.96. The van der Waals surface area contributed by atoms with Crippen molar-refractivity contribution in [2.75, 3.05) is 13.7 Å². The minimum atomic E-state index is -0.104. The Labute approximate surface area is 98.6 Å². The van der Waals surface area contributed by atoms with Gasteiger partial charge in [-0.1, -0.05) is 6.92 Å². The second kappa shape index (κ2) is 5.87. The van der Waals surface area contributed by atoms with Crippen LogP contribution in [0.3, 0.4) is 0 Å². The maximum Gasteiger partial charge on any atom is 0.234 e. The number of carbonyl (C=O) groups is 1. The van der Waals surface area contributed by atoms with Crippen molar-refractivity contribution in [3.63, 3.8) is 0 Å². The molecule has 1 rings (SSSR count). The van der Waals surface area contributed by atoms with Crippen molar-refractivity contribution < 1.29 is 9.53 Å². The van der Waals surface area contributed by atoms with Gasteiger partial charge < -0.3 is 10.1 Å². The molecular weight excluding hydrogens is 295 g/mol. The van der Waals surface area contributed by atoms with Crippen LogP contribution in [0.5, 0.6) is 0 Å². The highest BCUT2D eigenvalue weighted by atomic mass is 127. The lowest BCUT2D eigenvalue weighted by Crippen LogP contribution is -2.44. The molecule has 0 aromatic carbocycles. The molecule has 1 fully saturated rings. The Kier molecular flexibility index (Phi) is 5.11. The Morgan fingerprint density at radius 2 is 2.43 bits per heavy atom. The summed E-state index contributed by atoms with van der Waals surface area (Å²) in [6, 6.07) is 0.323. The summed E-state index contributed by atoms with van der Waals surface area (Å²) < 4.78 is 8.02. The predicted octanol–water partition coefficient (Wildman–Crippen LogP) is 0.856. The fraction of sp³-hybridized carbons (Fsp3) is 0.889. The molecule has 1 unspecified atom stereocenters. The molecule has 0 saturated carbocycles. The van der Waals surface area contributed by atoms with E-state index >= 15 is 0 Å². The van der Waals surface area contributed by atoms with Crippen LogP contribution < -0.4 is 8.85 Å². The highest BCUT2D eigenvalue weighted by Crippen LogP contribution is 2.18. The average Bonchev–Trinajstić information content (AvgIpc) is 2.71. The maximum atomic E-state index is 11.4. The number of hydrogen-bond donors (Lipinski definition) is 2. The van der Waals surface area contributed by atoms with Crippen molar-refractivity contribution in [3.05, 3.63) is 0 Å². The molecule has 0 radical (unpaired) electrons. The van der Waals surface area contributed by atoms with Gasteiger partial charge in [0, 0.05) is 13.2 Å². The minimum Gasteiger partial charge on any atom is -0.379 e. The lowest BCUT2D eigenvalue weighted by molar-refractivity contribution is -0.127. The summed E-state index contributed by atoms with van der Waals surface area (Å²) in [5, 5.41) is 3.36. The molecule has 1 aliphatic heterocycles. The van der Waals surface area contributed by atoms with E-state index in [4.69, 9.17) is 4.74 Å². The van der Waals surface area contributed by atoms with Crippen LogP contribution in [0, 0.1) is 5.92 Å². The van der Waals surface area contributed by atoms with Gasteiger partial charge in [0.15, 0.2) is 0 Å². The van der Waals surface area contributed by atoms with Crippen molar-refractivity contribution in [1.29, 1.82) is 0 Å². The summed E-state index contributed by atoms with van der Waals surface area (Å²) in [6.07, 6.45) is 2.24. The first-order chi connectivity index (χ1) is 6.70. The Hall–Kier alpha value is 0.120. The lowest BCUT2D eigenvalue weighted by Gasteiger charge is -2.26. The van der Waals surface area contributed by atoms with E-state index in [1.54, 1.807) is 7.11 Å². The zero-order valence-electron chi connectivity index (χ0n) is 8.55. The van der Waals surface area contributed by atoms with Gasteiger partial charge in [0.25, 0.3) is 0 Å². The summed E-state index contributed by atoms with van der Waals surface area (Å²) >= 11 is 1.87. The fourth-order valence-electron chi connectivity index (χ4n) is 1.94. The quantitative estimate of drug-likeness (QED) is 0.598. The van der Waals surface area contributed by atoms with Crippen LogP contribution in [-0.2, 0) is 9.53 Å².